The molecule has 3 N–H and O–H groups in total. The molecule has 1 aliphatic heterocycles. The minimum Gasteiger partial charge on any atom is -0.389 e. The number of hydrogen-bond acceptors (Lipinski definition) is 11. The largest absolute Gasteiger partial charge is 0.389 e. The van der Waals surface area contributed by atoms with Crippen molar-refractivity contribution < 1.29 is 4.52 Å². The van der Waals surface area contributed by atoms with Crippen LogP contribution in [0.3, 0.4) is 0 Å². The molecule has 0 saturated carbocycles. The number of fused-ring (bicyclic) bond motifs is 5. The number of nitriles is 1. The normalized spacial score (nSPS) is 21.5. The number of hydrogen-bond donors (Lipinski definition) is 2. The predicted molar refractivity (Wildman–Crippen MR) is 186 cm³/mol. The summed E-state index contributed by atoms with van der Waals surface area (Å²) in [7, 11) is 2.20. The maximum atomic E-state index is 10.2. The Morgan fingerprint density at radius 2 is 2.04 bits per heavy atom. The molecule has 0 radical (unpaired) electrons. The number of nitrogens with zero attached hydrogens (tertiary/aromatic N) is 9. The van der Waals surface area contributed by atoms with Crippen LogP contribution in [0.2, 0.25) is 0 Å². The van der Waals surface area contributed by atoms with E-state index >= 15 is 0 Å². The second-order valence-electron chi connectivity index (χ2n) is 13.9. The highest BCUT2D eigenvalue weighted by atomic mass is 32.1. The second kappa shape index (κ2) is 11.7. The minimum atomic E-state index is -0.409. The van der Waals surface area contributed by atoms with Crippen LogP contribution in [-0.2, 0) is 24.8 Å². The molecule has 0 unspecified atom stereocenters. The van der Waals surface area contributed by atoms with Gasteiger partial charge in [-0.05, 0) is 98.2 Å². The van der Waals surface area contributed by atoms with Crippen LogP contribution < -0.4 is 10.6 Å². The van der Waals surface area contributed by atoms with Crippen LogP contribution >= 0.6 is 11.3 Å². The number of H-pyrrole nitrogens is 1. The monoisotopic (exact) mass is 665 g/mol. The molecule has 5 aromatic rings. The van der Waals surface area contributed by atoms with Gasteiger partial charge in [-0.2, -0.15) is 15.5 Å². The van der Waals surface area contributed by atoms with E-state index in [4.69, 9.17) is 30.5 Å². The van der Waals surface area contributed by atoms with E-state index in [9.17, 15) is 5.26 Å². The molecule has 5 aromatic heterocycles. The van der Waals surface area contributed by atoms with Gasteiger partial charge in [-0.15, -0.1) is 11.3 Å². The smallest absolute Gasteiger partial charge is 0.186 e. The molecule has 6 heterocycles. The van der Waals surface area contributed by atoms with Crippen LogP contribution in [0.4, 0.5) is 10.8 Å². The molecule has 13 heteroatoms. The summed E-state index contributed by atoms with van der Waals surface area (Å²) in [6, 6.07) is 2.93. The van der Waals surface area contributed by atoms with E-state index in [1.54, 1.807) is 11.3 Å². The highest BCUT2D eigenvalue weighted by Gasteiger charge is 2.49. The molecular weight excluding hydrogens is 623 g/mol. The Morgan fingerprint density at radius 3 is 2.75 bits per heavy atom. The van der Waals surface area contributed by atoms with Crippen LogP contribution in [0.5, 0.6) is 0 Å². The van der Waals surface area contributed by atoms with Crippen LogP contribution in [0.1, 0.15) is 103 Å². The number of anilines is 2. The van der Waals surface area contributed by atoms with E-state index in [1.807, 2.05) is 13.1 Å². The third-order valence-corrected chi connectivity index (χ3v) is 12.4. The van der Waals surface area contributed by atoms with Gasteiger partial charge in [0.2, 0.25) is 0 Å². The Hall–Kier alpha value is -4.28. The summed E-state index contributed by atoms with van der Waals surface area (Å²) in [5.41, 5.74) is 13.4. The van der Waals surface area contributed by atoms with Crippen molar-refractivity contribution in [2.75, 3.05) is 30.8 Å². The first-order valence-electron chi connectivity index (χ1n) is 17.3. The van der Waals surface area contributed by atoms with Crippen LogP contribution in [0, 0.1) is 25.2 Å². The Balaban J connectivity index is 1.30. The average Bonchev–Trinajstić information content (AvgIpc) is 3.91. The average molecular weight is 666 g/mol. The zero-order valence-corrected chi connectivity index (χ0v) is 29.2. The quantitative estimate of drug-likeness (QED) is 0.212. The first-order valence-corrected chi connectivity index (χ1v) is 18.1. The van der Waals surface area contributed by atoms with Crippen molar-refractivity contribution in [2.24, 2.45) is 0 Å². The first-order chi connectivity index (χ1) is 23.3. The number of nitrogens with two attached hydrogens (primary N) is 1. The molecule has 1 spiro atoms. The number of likely N-dealkylation sites (N-methyl/N-ethyl adjacent to an activating group) is 1. The standard InChI is InChI=1S/C35H43N11OS/c1-6-45(18-25-19(2)41-42-20(25)3)33-24-17-38-46(21(4)26-11-9-15-44(26)5)34(24)40-32(39-33)29-22-10-7-13-35(30(22)47-43-29)14-8-12-27-28(35)23(16-36)31(37)48-27/h17,21,26H,6-15,18,37H2,1-5H3,(H,41,42)/t21-,26-,35-/m0/s1. The molecule has 2 aliphatic carbocycles. The molecule has 1 fully saturated rings. The van der Waals surface area contributed by atoms with Gasteiger partial charge in [0.1, 0.15) is 16.9 Å². The molecule has 250 valence electrons. The number of thiophene rings is 1. The van der Waals surface area contributed by atoms with Gasteiger partial charge >= 0.3 is 0 Å². The maximum absolute atomic E-state index is 10.2. The SMILES string of the molecule is CCN(Cc1c(C)n[nH]c1C)c1nc(-c2noc3c2CCC[C@@]32CCCc3sc(N)c(C#N)c32)nc2c1cnn2[C@@H](C)[C@@H]1CCCN1C. The van der Waals surface area contributed by atoms with Crippen molar-refractivity contribution in [3.05, 3.63) is 50.5 Å². The number of aryl methyl sites for hydroxylation is 3. The fourth-order valence-corrected chi connectivity index (χ4v) is 9.98. The molecule has 0 bridgehead atoms. The lowest BCUT2D eigenvalue weighted by molar-refractivity contribution is 0.232. The van der Waals surface area contributed by atoms with Gasteiger partial charge in [-0.1, -0.05) is 5.16 Å². The van der Waals surface area contributed by atoms with Crippen molar-refractivity contribution >= 4 is 33.2 Å². The van der Waals surface area contributed by atoms with E-state index in [-0.39, 0.29) is 6.04 Å². The Kier molecular flexibility index (Phi) is 7.56. The lowest BCUT2D eigenvalue weighted by Crippen LogP contribution is -2.35. The van der Waals surface area contributed by atoms with Crippen molar-refractivity contribution in [1.29, 1.82) is 5.26 Å². The lowest BCUT2D eigenvalue weighted by atomic mass is 9.63. The molecule has 12 nitrogen and oxygen atoms in total. The summed E-state index contributed by atoms with van der Waals surface area (Å²) in [4.78, 5) is 16.5. The van der Waals surface area contributed by atoms with Gasteiger partial charge in [0.25, 0.3) is 0 Å². The fourth-order valence-electron chi connectivity index (χ4n) is 8.82. The zero-order chi connectivity index (χ0) is 33.3. The van der Waals surface area contributed by atoms with E-state index in [0.29, 0.717) is 34.7 Å². The van der Waals surface area contributed by atoms with E-state index in [2.05, 4.69) is 58.6 Å². The molecule has 0 amide bonds. The topological polar surface area (TPSA) is 155 Å². The number of nitrogens with one attached hydrogen (secondary N) is 1. The Morgan fingerprint density at radius 1 is 1.23 bits per heavy atom. The van der Waals surface area contributed by atoms with E-state index in [0.717, 1.165) is 109 Å². The van der Waals surface area contributed by atoms with E-state index in [1.165, 1.54) is 11.3 Å². The molecule has 3 aliphatic rings. The molecule has 3 atom stereocenters. The highest BCUT2D eigenvalue weighted by Crippen LogP contribution is 2.55. The minimum absolute atomic E-state index is 0.127. The van der Waals surface area contributed by atoms with Gasteiger partial charge in [0.05, 0.1) is 34.3 Å². The summed E-state index contributed by atoms with van der Waals surface area (Å²) in [5, 5.41) is 29.0. The maximum Gasteiger partial charge on any atom is 0.186 e. The summed E-state index contributed by atoms with van der Waals surface area (Å²) >= 11 is 1.56. The van der Waals surface area contributed by atoms with Gasteiger partial charge in [-0.25, -0.2) is 14.6 Å². The van der Waals surface area contributed by atoms with Gasteiger partial charge in [0.15, 0.2) is 22.9 Å². The summed E-state index contributed by atoms with van der Waals surface area (Å²) in [6.07, 6.45) is 9.78. The number of nitrogen functional groups attached to an aromatic ring is 1. The fraction of sp³-hybridized carbons (Fsp3) is 0.543. The van der Waals surface area contributed by atoms with Crippen LogP contribution in [-0.4, -0.2) is 66.2 Å². The Bertz CT molecular complexity index is 2040. The zero-order valence-electron chi connectivity index (χ0n) is 28.4. The third kappa shape index (κ3) is 4.59. The molecule has 1 saturated heterocycles. The van der Waals surface area contributed by atoms with Crippen molar-refractivity contribution in [1.82, 2.24) is 40.0 Å². The molecule has 8 rings (SSSR count). The number of rotatable bonds is 7. The van der Waals surface area contributed by atoms with E-state index < -0.39 is 5.41 Å². The summed E-state index contributed by atoms with van der Waals surface area (Å²) in [5.74, 6) is 2.24. The second-order valence-corrected chi connectivity index (χ2v) is 15.1. The molecule has 48 heavy (non-hydrogen) atoms. The van der Waals surface area contributed by atoms with Crippen LogP contribution in [0.15, 0.2) is 10.7 Å². The first kappa shape index (κ1) is 31.0. The number of aromatic amines is 1. The van der Waals surface area contributed by atoms with Crippen molar-refractivity contribution in [2.45, 2.75) is 103 Å². The summed E-state index contributed by atoms with van der Waals surface area (Å²) < 4.78 is 8.47. The van der Waals surface area contributed by atoms with Gasteiger partial charge in [0, 0.05) is 40.8 Å². The number of likely N-dealkylation sites (tertiary alicyclic amines) is 1. The van der Waals surface area contributed by atoms with Crippen LogP contribution in [0.25, 0.3) is 22.6 Å². The van der Waals surface area contributed by atoms with Crippen molar-refractivity contribution in [3.8, 4) is 17.6 Å². The number of aromatic nitrogens is 7. The highest BCUT2D eigenvalue weighted by molar-refractivity contribution is 7.16. The third-order valence-electron chi connectivity index (χ3n) is 11.3. The molecular formula is C35H43N11OS. The van der Waals surface area contributed by atoms with Gasteiger partial charge in [-0.3, -0.25) is 5.10 Å². The van der Waals surface area contributed by atoms with Gasteiger partial charge < -0.3 is 20.1 Å². The summed E-state index contributed by atoms with van der Waals surface area (Å²) in [6.45, 7) is 11.0. The predicted octanol–water partition coefficient (Wildman–Crippen LogP) is 5.98. The van der Waals surface area contributed by atoms with Crippen molar-refractivity contribution in [3.63, 3.8) is 0 Å². The lowest BCUT2D eigenvalue weighted by Gasteiger charge is -2.39. The molecule has 0 aromatic carbocycles. The Labute approximate surface area is 284 Å².